The Labute approximate surface area is 127 Å². The van der Waals surface area contributed by atoms with Crippen LogP contribution in [-0.2, 0) is 2.51 Å². The molecular formula is C13H8FIN2OS. The van der Waals surface area contributed by atoms with Crippen LogP contribution >= 0.6 is 35.2 Å². The van der Waals surface area contributed by atoms with Crippen LogP contribution < -0.4 is 0 Å². The zero-order chi connectivity index (χ0) is 13.2. The number of hydrogen-bond acceptors (Lipinski definition) is 3. The first-order chi connectivity index (χ1) is 9.29. The lowest BCUT2D eigenvalue weighted by molar-refractivity contribution is 0.631. The smallest absolute Gasteiger partial charge is 0.151 e. The molecule has 0 radical (unpaired) electrons. The maximum atomic E-state index is 13.7. The van der Waals surface area contributed by atoms with E-state index >= 15 is 0 Å². The molecule has 3 rings (SSSR count). The number of fused-ring (bicyclic) bond motifs is 1. The molecule has 0 unspecified atom stereocenters. The Morgan fingerprint density at radius 1 is 1.26 bits per heavy atom. The van der Waals surface area contributed by atoms with E-state index in [1.54, 1.807) is 41.3 Å². The van der Waals surface area contributed by atoms with Gasteiger partial charge in [-0.2, -0.15) is 0 Å². The number of halogens is 2. The lowest BCUT2D eigenvalue weighted by Gasteiger charge is -2.04. The fourth-order valence-electron chi connectivity index (χ4n) is 1.93. The summed E-state index contributed by atoms with van der Waals surface area (Å²) in [5.74, 6) is -0.243. The lowest BCUT2D eigenvalue weighted by Crippen LogP contribution is -1.88. The number of benzene rings is 1. The fraction of sp³-hybridized carbons (Fsp3) is 0. The first-order valence-electron chi connectivity index (χ1n) is 5.47. The van der Waals surface area contributed by atoms with Gasteiger partial charge in [0, 0.05) is 28.9 Å². The molecule has 0 aliphatic heterocycles. The van der Waals surface area contributed by atoms with Gasteiger partial charge in [0.1, 0.15) is 41.1 Å². The molecular weight excluding hydrogens is 378 g/mol. The zero-order valence-electron chi connectivity index (χ0n) is 9.59. The molecule has 0 spiro atoms. The highest BCUT2D eigenvalue weighted by molar-refractivity contribution is 14.1. The summed E-state index contributed by atoms with van der Waals surface area (Å²) < 4.78 is 20.5. The van der Waals surface area contributed by atoms with Crippen LogP contribution in [0.15, 0.2) is 48.8 Å². The van der Waals surface area contributed by atoms with Gasteiger partial charge in [0.2, 0.25) is 0 Å². The van der Waals surface area contributed by atoms with Gasteiger partial charge in [0.25, 0.3) is 0 Å². The Morgan fingerprint density at radius 2 is 2.11 bits per heavy atom. The van der Waals surface area contributed by atoms with Crippen molar-refractivity contribution in [2.75, 3.05) is 0 Å². The standard InChI is InChI=1S/C13H8FIN2OS/c14-12-4-2-1-3-11(12)10-7-9-5-6-17(19-18-15)13(9)16-8-10/h1-8H. The Morgan fingerprint density at radius 3 is 2.89 bits per heavy atom. The van der Waals surface area contributed by atoms with Crippen molar-refractivity contribution in [3.05, 3.63) is 54.6 Å². The number of aromatic nitrogens is 2. The summed E-state index contributed by atoms with van der Waals surface area (Å²) in [7, 11) is 0. The first-order valence-corrected chi connectivity index (χ1v) is 7.05. The molecule has 2 heterocycles. The summed E-state index contributed by atoms with van der Waals surface area (Å²) in [6, 6.07) is 10.5. The average Bonchev–Trinajstić information content (AvgIpc) is 2.82. The number of hydrogen-bond donors (Lipinski definition) is 0. The van der Waals surface area contributed by atoms with Crippen LogP contribution in [0.4, 0.5) is 4.39 Å². The third kappa shape index (κ3) is 2.47. The molecule has 0 amide bonds. The minimum Gasteiger partial charge on any atom is -0.251 e. The Balaban J connectivity index is 2.10. The van der Waals surface area contributed by atoms with Crippen molar-refractivity contribution in [1.82, 2.24) is 8.96 Å². The minimum absolute atomic E-state index is 0.243. The molecule has 0 atom stereocenters. The van der Waals surface area contributed by atoms with Crippen LogP contribution in [0.1, 0.15) is 0 Å². The SMILES string of the molecule is Fc1ccccc1-c1cnc2c(ccn2SOI)c1. The summed E-state index contributed by atoms with van der Waals surface area (Å²) in [5, 5.41) is 0.946. The van der Waals surface area contributed by atoms with Gasteiger partial charge in [-0.05, 0) is 18.2 Å². The second kappa shape index (κ2) is 5.48. The molecule has 3 nitrogen and oxygen atoms in total. The lowest BCUT2D eigenvalue weighted by atomic mass is 10.1. The maximum Gasteiger partial charge on any atom is 0.151 e. The van der Waals surface area contributed by atoms with Crippen molar-refractivity contribution in [2.24, 2.45) is 0 Å². The van der Waals surface area contributed by atoms with Gasteiger partial charge >= 0.3 is 0 Å². The molecule has 0 saturated carbocycles. The van der Waals surface area contributed by atoms with Gasteiger partial charge in [-0.15, -0.1) is 0 Å². The van der Waals surface area contributed by atoms with Gasteiger partial charge in [-0.1, -0.05) is 18.2 Å². The third-order valence-electron chi connectivity index (χ3n) is 2.79. The Hall–Kier alpha value is -1.12. The van der Waals surface area contributed by atoms with Crippen molar-refractivity contribution in [2.45, 2.75) is 0 Å². The van der Waals surface area contributed by atoms with Crippen LogP contribution in [0.3, 0.4) is 0 Å². The highest BCUT2D eigenvalue weighted by Gasteiger charge is 2.08. The van der Waals surface area contributed by atoms with E-state index in [0.29, 0.717) is 5.56 Å². The van der Waals surface area contributed by atoms with Crippen molar-refractivity contribution in [3.63, 3.8) is 0 Å². The molecule has 19 heavy (non-hydrogen) atoms. The predicted molar refractivity (Wildman–Crippen MR) is 83.2 cm³/mol. The molecule has 0 N–H and O–H groups in total. The normalized spacial score (nSPS) is 11.1. The number of rotatable bonds is 3. The molecule has 96 valence electrons. The Kier molecular flexibility index (Phi) is 3.72. The topological polar surface area (TPSA) is 27.1 Å². The molecule has 6 heteroatoms. The maximum absolute atomic E-state index is 13.7. The van der Waals surface area contributed by atoms with Gasteiger partial charge in [0.05, 0.1) is 0 Å². The third-order valence-corrected chi connectivity index (χ3v) is 3.78. The van der Waals surface area contributed by atoms with E-state index in [0.717, 1.165) is 16.6 Å². The van der Waals surface area contributed by atoms with E-state index in [-0.39, 0.29) is 5.82 Å². The number of nitrogens with zero attached hydrogens (tertiary/aromatic N) is 2. The first kappa shape index (κ1) is 12.9. The largest absolute Gasteiger partial charge is 0.251 e. The van der Waals surface area contributed by atoms with E-state index < -0.39 is 0 Å². The van der Waals surface area contributed by atoms with E-state index in [9.17, 15) is 4.39 Å². The van der Waals surface area contributed by atoms with Gasteiger partial charge in [-0.3, -0.25) is 3.97 Å². The van der Waals surface area contributed by atoms with Crippen LogP contribution in [-0.4, -0.2) is 8.96 Å². The van der Waals surface area contributed by atoms with Crippen molar-refractivity contribution in [3.8, 4) is 11.1 Å². The minimum atomic E-state index is -0.243. The van der Waals surface area contributed by atoms with Gasteiger partial charge in [0.15, 0.2) is 5.65 Å². The van der Waals surface area contributed by atoms with Gasteiger partial charge in [-0.25, -0.2) is 11.9 Å². The predicted octanol–water partition coefficient (Wildman–Crippen LogP) is 4.62. The van der Waals surface area contributed by atoms with Crippen molar-refractivity contribution in [1.29, 1.82) is 0 Å². The zero-order valence-corrected chi connectivity index (χ0v) is 12.6. The van der Waals surface area contributed by atoms with Crippen LogP contribution in [0, 0.1) is 5.82 Å². The highest BCUT2D eigenvalue weighted by atomic mass is 127. The van der Waals surface area contributed by atoms with Crippen molar-refractivity contribution < 1.29 is 6.90 Å². The molecule has 0 saturated heterocycles. The van der Waals surface area contributed by atoms with E-state index in [1.807, 2.05) is 28.4 Å². The molecule has 0 bridgehead atoms. The number of pyridine rings is 1. The van der Waals surface area contributed by atoms with Crippen LogP contribution in [0.5, 0.6) is 0 Å². The molecule has 3 aromatic rings. The molecule has 1 aromatic carbocycles. The summed E-state index contributed by atoms with van der Waals surface area (Å²) in [6.45, 7) is 0. The summed E-state index contributed by atoms with van der Waals surface area (Å²) in [4.78, 5) is 4.37. The van der Waals surface area contributed by atoms with E-state index in [2.05, 4.69) is 4.98 Å². The van der Waals surface area contributed by atoms with Gasteiger partial charge < -0.3 is 0 Å². The quantitative estimate of drug-likeness (QED) is 0.486. The molecule has 0 aliphatic rings. The molecule has 0 fully saturated rings. The second-order valence-corrected chi connectivity index (χ2v) is 5.64. The summed E-state index contributed by atoms with van der Waals surface area (Å²) in [5.41, 5.74) is 2.12. The monoisotopic (exact) mass is 386 g/mol. The van der Waals surface area contributed by atoms with Crippen molar-refractivity contribution >= 4 is 46.3 Å². The molecule has 0 aliphatic carbocycles. The highest BCUT2D eigenvalue weighted by Crippen LogP contribution is 2.27. The Bertz CT molecular complexity index is 731. The van der Waals surface area contributed by atoms with E-state index in [1.165, 1.54) is 18.3 Å². The fourth-order valence-corrected chi connectivity index (χ4v) is 2.85. The van der Waals surface area contributed by atoms with Crippen LogP contribution in [0.2, 0.25) is 0 Å². The average molecular weight is 386 g/mol. The van der Waals surface area contributed by atoms with E-state index in [4.69, 9.17) is 2.51 Å². The molecule has 2 aromatic heterocycles. The second-order valence-electron chi connectivity index (χ2n) is 3.90. The summed E-state index contributed by atoms with van der Waals surface area (Å²) in [6.07, 6.45) is 3.54. The summed E-state index contributed by atoms with van der Waals surface area (Å²) >= 11 is 2.99. The van der Waals surface area contributed by atoms with Crippen LogP contribution in [0.25, 0.3) is 22.2 Å².